The van der Waals surface area contributed by atoms with Crippen molar-refractivity contribution in [2.75, 3.05) is 11.9 Å². The molecule has 29 heavy (non-hydrogen) atoms. The number of hydrogen-bond acceptors (Lipinski definition) is 6. The van der Waals surface area contributed by atoms with Gasteiger partial charge >= 0.3 is 0 Å². The van der Waals surface area contributed by atoms with Crippen LogP contribution in [-0.4, -0.2) is 37.3 Å². The van der Waals surface area contributed by atoms with Gasteiger partial charge < -0.3 is 14.6 Å². The van der Waals surface area contributed by atoms with Crippen molar-refractivity contribution < 1.29 is 5.11 Å². The van der Waals surface area contributed by atoms with Crippen LogP contribution in [0.2, 0.25) is 5.02 Å². The molecule has 4 aromatic rings. The van der Waals surface area contributed by atoms with Crippen LogP contribution >= 0.6 is 11.6 Å². The predicted molar refractivity (Wildman–Crippen MR) is 110 cm³/mol. The SMILES string of the molecule is CN(Cc1cc(=O)c(O)cn1-c1ccc(-c2nn[nH]n2)cc1)c1ccc(Cl)cc1. The second-order valence-corrected chi connectivity index (χ2v) is 6.94. The first kappa shape index (κ1) is 18.7. The lowest BCUT2D eigenvalue weighted by Gasteiger charge is -2.22. The summed E-state index contributed by atoms with van der Waals surface area (Å²) in [7, 11) is 1.92. The Kier molecular flexibility index (Phi) is 5.01. The summed E-state index contributed by atoms with van der Waals surface area (Å²) in [5.74, 6) is 0.173. The number of nitrogens with zero attached hydrogens (tertiary/aromatic N) is 5. The number of H-pyrrole nitrogens is 1. The van der Waals surface area contributed by atoms with Crippen molar-refractivity contribution in [3.8, 4) is 22.8 Å². The highest BCUT2D eigenvalue weighted by Crippen LogP contribution is 2.22. The van der Waals surface area contributed by atoms with Crippen LogP contribution in [0.3, 0.4) is 0 Å². The van der Waals surface area contributed by atoms with E-state index in [1.54, 1.807) is 4.57 Å². The molecule has 0 amide bonds. The van der Waals surface area contributed by atoms with Crippen LogP contribution in [0.1, 0.15) is 5.69 Å². The molecule has 0 unspecified atom stereocenters. The highest BCUT2D eigenvalue weighted by Gasteiger charge is 2.12. The molecule has 4 rings (SSSR count). The Morgan fingerprint density at radius 1 is 1.14 bits per heavy atom. The van der Waals surface area contributed by atoms with Crippen molar-refractivity contribution in [3.05, 3.63) is 81.7 Å². The maximum atomic E-state index is 12.1. The van der Waals surface area contributed by atoms with E-state index in [1.807, 2.05) is 60.5 Å². The van der Waals surface area contributed by atoms with E-state index < -0.39 is 5.43 Å². The summed E-state index contributed by atoms with van der Waals surface area (Å²) < 4.78 is 1.78. The largest absolute Gasteiger partial charge is 0.503 e. The van der Waals surface area contributed by atoms with E-state index in [9.17, 15) is 9.90 Å². The molecule has 8 nitrogen and oxygen atoms in total. The van der Waals surface area contributed by atoms with Crippen LogP contribution in [0, 0.1) is 0 Å². The highest BCUT2D eigenvalue weighted by molar-refractivity contribution is 6.30. The topological polar surface area (TPSA) is 99.9 Å². The number of aromatic amines is 1. The third kappa shape index (κ3) is 3.97. The van der Waals surface area contributed by atoms with E-state index in [0.29, 0.717) is 17.4 Å². The Labute approximate surface area is 171 Å². The minimum absolute atomic E-state index is 0.315. The van der Waals surface area contributed by atoms with Crippen LogP contribution in [0.5, 0.6) is 5.75 Å². The van der Waals surface area contributed by atoms with Crippen molar-refractivity contribution in [3.63, 3.8) is 0 Å². The normalized spacial score (nSPS) is 10.8. The van der Waals surface area contributed by atoms with E-state index in [0.717, 1.165) is 22.6 Å². The molecule has 0 fully saturated rings. The lowest BCUT2D eigenvalue weighted by molar-refractivity contribution is 0.464. The average molecular weight is 409 g/mol. The van der Waals surface area contributed by atoms with E-state index in [4.69, 9.17) is 11.6 Å². The summed E-state index contributed by atoms with van der Waals surface area (Å²) >= 11 is 5.96. The molecule has 0 atom stereocenters. The number of nitrogens with one attached hydrogen (secondary N) is 1. The first-order valence-electron chi connectivity index (χ1n) is 8.77. The Morgan fingerprint density at radius 2 is 1.86 bits per heavy atom. The number of rotatable bonds is 5. The zero-order valence-electron chi connectivity index (χ0n) is 15.5. The molecule has 146 valence electrons. The summed E-state index contributed by atoms with van der Waals surface area (Å²) in [6.45, 7) is 0.448. The van der Waals surface area contributed by atoms with E-state index in [1.165, 1.54) is 12.3 Å². The third-order valence-corrected chi connectivity index (χ3v) is 4.78. The highest BCUT2D eigenvalue weighted by atomic mass is 35.5. The summed E-state index contributed by atoms with van der Waals surface area (Å²) in [6.07, 6.45) is 1.43. The van der Waals surface area contributed by atoms with Crippen molar-refractivity contribution in [1.82, 2.24) is 25.2 Å². The number of pyridine rings is 1. The molecule has 9 heteroatoms. The third-order valence-electron chi connectivity index (χ3n) is 4.53. The number of halogens is 1. The lowest BCUT2D eigenvalue weighted by Crippen LogP contribution is -2.21. The second kappa shape index (κ2) is 7.76. The van der Waals surface area contributed by atoms with Gasteiger partial charge in [0.25, 0.3) is 0 Å². The molecule has 0 saturated heterocycles. The summed E-state index contributed by atoms with van der Waals surface area (Å²) in [6, 6.07) is 16.3. The van der Waals surface area contributed by atoms with Gasteiger partial charge in [0.2, 0.25) is 11.3 Å². The van der Waals surface area contributed by atoms with Gasteiger partial charge in [-0.15, -0.1) is 10.2 Å². The molecule has 2 aromatic heterocycles. The molecule has 0 aliphatic rings. The fraction of sp³-hybridized carbons (Fsp3) is 0.100. The molecule has 2 aromatic carbocycles. The molecule has 0 saturated carbocycles. The molecule has 2 N–H and O–H groups in total. The smallest absolute Gasteiger partial charge is 0.223 e. The number of aromatic nitrogens is 5. The molecule has 0 spiro atoms. The molecular formula is C20H17ClN6O2. The van der Waals surface area contributed by atoms with E-state index in [2.05, 4.69) is 20.6 Å². The molecule has 0 aliphatic carbocycles. The van der Waals surface area contributed by atoms with Gasteiger partial charge in [0.15, 0.2) is 5.75 Å². The van der Waals surface area contributed by atoms with Gasteiger partial charge in [-0.2, -0.15) is 5.21 Å². The lowest BCUT2D eigenvalue weighted by atomic mass is 10.2. The van der Waals surface area contributed by atoms with Gasteiger partial charge in [-0.05, 0) is 53.7 Å². The number of tetrazole rings is 1. The number of aromatic hydroxyl groups is 1. The van der Waals surface area contributed by atoms with Gasteiger partial charge in [0.05, 0.1) is 12.7 Å². The molecule has 0 aliphatic heterocycles. The molecule has 0 bridgehead atoms. The number of hydrogen-bond donors (Lipinski definition) is 2. The van der Waals surface area contributed by atoms with Crippen LogP contribution in [0.4, 0.5) is 5.69 Å². The quantitative estimate of drug-likeness (QED) is 0.526. The Bertz CT molecular complexity index is 1170. The average Bonchev–Trinajstić information content (AvgIpc) is 3.26. The van der Waals surface area contributed by atoms with Gasteiger partial charge in [0.1, 0.15) is 0 Å². The molecule has 0 radical (unpaired) electrons. The van der Waals surface area contributed by atoms with Gasteiger partial charge in [0, 0.05) is 40.8 Å². The Balaban J connectivity index is 1.69. The Hall–Kier alpha value is -3.65. The fourth-order valence-electron chi connectivity index (χ4n) is 3.01. The minimum atomic E-state index is -0.427. The summed E-state index contributed by atoms with van der Waals surface area (Å²) in [5.41, 5.74) is 2.83. The van der Waals surface area contributed by atoms with E-state index >= 15 is 0 Å². The number of anilines is 1. The van der Waals surface area contributed by atoms with Gasteiger partial charge in [-0.1, -0.05) is 11.6 Å². The van der Waals surface area contributed by atoms with Crippen molar-refractivity contribution in [2.24, 2.45) is 0 Å². The monoisotopic (exact) mass is 408 g/mol. The molecular weight excluding hydrogens is 392 g/mol. The zero-order valence-corrected chi connectivity index (χ0v) is 16.2. The van der Waals surface area contributed by atoms with Gasteiger partial charge in [-0.3, -0.25) is 4.79 Å². The van der Waals surface area contributed by atoms with Crippen molar-refractivity contribution in [1.29, 1.82) is 0 Å². The molecule has 2 heterocycles. The van der Waals surface area contributed by atoms with Crippen molar-refractivity contribution >= 4 is 17.3 Å². The van der Waals surface area contributed by atoms with E-state index in [-0.39, 0.29) is 5.75 Å². The summed E-state index contributed by atoms with van der Waals surface area (Å²) in [5, 5.41) is 24.5. The predicted octanol–water partition coefficient (Wildman–Crippen LogP) is 3.01. The Morgan fingerprint density at radius 3 is 2.52 bits per heavy atom. The maximum Gasteiger partial charge on any atom is 0.223 e. The van der Waals surface area contributed by atoms with Crippen LogP contribution in [0.25, 0.3) is 17.1 Å². The van der Waals surface area contributed by atoms with Crippen LogP contribution in [-0.2, 0) is 6.54 Å². The maximum absolute atomic E-state index is 12.1. The van der Waals surface area contributed by atoms with Crippen LogP contribution < -0.4 is 10.3 Å². The summed E-state index contributed by atoms with van der Waals surface area (Å²) in [4.78, 5) is 14.1. The second-order valence-electron chi connectivity index (χ2n) is 6.50. The van der Waals surface area contributed by atoms with Crippen molar-refractivity contribution in [2.45, 2.75) is 6.54 Å². The fourth-order valence-corrected chi connectivity index (χ4v) is 3.14. The van der Waals surface area contributed by atoms with Gasteiger partial charge in [-0.25, -0.2) is 0 Å². The van der Waals surface area contributed by atoms with Crippen LogP contribution in [0.15, 0.2) is 65.6 Å². The minimum Gasteiger partial charge on any atom is -0.503 e. The number of benzene rings is 2. The zero-order chi connectivity index (χ0) is 20.4. The standard InChI is InChI=1S/C20H17ClN6O2/c1-26(15-8-4-14(21)5-9-15)11-17-10-18(28)19(29)12-27(17)16-6-2-13(3-7-16)20-22-24-25-23-20/h2-10,12,29H,11H2,1H3,(H,22,23,24,25). The first-order chi connectivity index (χ1) is 14.0. The first-order valence-corrected chi connectivity index (χ1v) is 9.14.